The summed E-state index contributed by atoms with van der Waals surface area (Å²) in [7, 11) is 0. The number of hydrazine groups is 1. The van der Waals surface area contributed by atoms with Gasteiger partial charge in [0.2, 0.25) is 0 Å². The first-order valence-electron chi connectivity index (χ1n) is 7.29. The fourth-order valence-electron chi connectivity index (χ4n) is 2.56. The Morgan fingerprint density at radius 3 is 2.68 bits per heavy atom. The molecule has 0 atom stereocenters. The van der Waals surface area contributed by atoms with Crippen LogP contribution < -0.4 is 11.3 Å². The molecule has 0 radical (unpaired) electrons. The number of nitriles is 1. The molecule has 126 valence electrons. The van der Waals surface area contributed by atoms with E-state index in [9.17, 15) is 4.79 Å². The highest BCUT2D eigenvalue weighted by molar-refractivity contribution is 5.92. The minimum absolute atomic E-state index is 0. The number of nitrogens with two attached hydrogens (primary N) is 1. The molecule has 3 rings (SSSR count). The highest BCUT2D eigenvalue weighted by Gasteiger charge is 2.09. The molecule has 3 N–H and O–H groups in total. The number of rotatable bonds is 3. The van der Waals surface area contributed by atoms with Crippen LogP contribution in [-0.2, 0) is 4.79 Å². The van der Waals surface area contributed by atoms with Crippen LogP contribution in [0.5, 0.6) is 0 Å². The zero-order valence-corrected chi connectivity index (χ0v) is 14.2. The third-order valence-electron chi connectivity index (χ3n) is 3.68. The maximum Gasteiger partial charge on any atom is 0.257 e. The van der Waals surface area contributed by atoms with Crippen molar-refractivity contribution in [3.05, 3.63) is 65.5 Å². The molecule has 0 aliphatic carbocycles. The van der Waals surface area contributed by atoms with E-state index in [0.717, 1.165) is 28.0 Å². The average Bonchev–Trinajstić information content (AvgIpc) is 2.94. The number of carbonyl (C=O) groups is 1. The Hall–Kier alpha value is -3.14. The minimum atomic E-state index is -0.381. The number of pyridine rings is 1. The SMILES string of the molecule is Cc1cc2ncc(/C=C/C(=O)NN)cc2n1-c1ccc(C#N)cc1.Cl. The number of hydrogen-bond donors (Lipinski definition) is 2. The number of fused-ring (bicyclic) bond motifs is 1. The van der Waals surface area contributed by atoms with Gasteiger partial charge in [-0.05, 0) is 55.0 Å². The quantitative estimate of drug-likeness (QED) is 0.327. The van der Waals surface area contributed by atoms with Crippen molar-refractivity contribution in [3.8, 4) is 11.8 Å². The molecular formula is C18H16ClN5O. The van der Waals surface area contributed by atoms with Gasteiger partial charge in [0.15, 0.2) is 0 Å². The van der Waals surface area contributed by atoms with Crippen LogP contribution in [0.4, 0.5) is 0 Å². The first kappa shape index (κ1) is 18.2. The summed E-state index contributed by atoms with van der Waals surface area (Å²) in [6, 6.07) is 13.4. The number of aryl methyl sites for hydroxylation is 1. The maximum atomic E-state index is 11.2. The van der Waals surface area contributed by atoms with E-state index >= 15 is 0 Å². The van der Waals surface area contributed by atoms with Crippen LogP contribution in [0, 0.1) is 18.3 Å². The molecule has 1 aromatic carbocycles. The Labute approximate surface area is 151 Å². The summed E-state index contributed by atoms with van der Waals surface area (Å²) in [4.78, 5) is 15.7. The fourth-order valence-corrected chi connectivity index (χ4v) is 2.56. The molecule has 0 saturated carbocycles. The summed E-state index contributed by atoms with van der Waals surface area (Å²) in [6.45, 7) is 2.00. The first-order chi connectivity index (χ1) is 11.6. The van der Waals surface area contributed by atoms with Crippen LogP contribution in [0.2, 0.25) is 0 Å². The fraction of sp³-hybridized carbons (Fsp3) is 0.0556. The van der Waals surface area contributed by atoms with Crippen LogP contribution in [-0.4, -0.2) is 15.5 Å². The third-order valence-corrected chi connectivity index (χ3v) is 3.68. The smallest absolute Gasteiger partial charge is 0.257 e. The molecule has 3 aromatic rings. The lowest BCUT2D eigenvalue weighted by Crippen LogP contribution is -2.27. The summed E-state index contributed by atoms with van der Waals surface area (Å²) in [6.07, 6.45) is 4.70. The normalized spacial score (nSPS) is 10.4. The zero-order valence-electron chi connectivity index (χ0n) is 13.4. The number of hydrogen-bond acceptors (Lipinski definition) is 4. The molecule has 0 spiro atoms. The van der Waals surface area contributed by atoms with Crippen molar-refractivity contribution < 1.29 is 4.79 Å². The Kier molecular flexibility index (Phi) is 5.55. The van der Waals surface area contributed by atoms with Crippen molar-refractivity contribution in [3.63, 3.8) is 0 Å². The second-order valence-electron chi connectivity index (χ2n) is 5.29. The second kappa shape index (κ2) is 7.62. The van der Waals surface area contributed by atoms with E-state index in [-0.39, 0.29) is 18.3 Å². The molecule has 0 bridgehead atoms. The van der Waals surface area contributed by atoms with E-state index < -0.39 is 0 Å². The van der Waals surface area contributed by atoms with Gasteiger partial charge in [-0.1, -0.05) is 0 Å². The highest BCUT2D eigenvalue weighted by atomic mass is 35.5. The number of aromatic nitrogens is 2. The van der Waals surface area contributed by atoms with Crippen molar-refractivity contribution in [2.24, 2.45) is 5.84 Å². The van der Waals surface area contributed by atoms with Gasteiger partial charge in [-0.2, -0.15) is 5.26 Å². The van der Waals surface area contributed by atoms with E-state index in [4.69, 9.17) is 11.1 Å². The zero-order chi connectivity index (χ0) is 17.1. The number of benzene rings is 1. The van der Waals surface area contributed by atoms with E-state index in [0.29, 0.717) is 5.56 Å². The molecule has 25 heavy (non-hydrogen) atoms. The predicted octanol–water partition coefficient (Wildman–Crippen LogP) is 2.63. The van der Waals surface area contributed by atoms with Crippen molar-refractivity contribution in [1.82, 2.24) is 15.0 Å². The van der Waals surface area contributed by atoms with Gasteiger partial charge < -0.3 is 4.57 Å². The van der Waals surface area contributed by atoms with Crippen LogP contribution in [0.3, 0.4) is 0 Å². The molecule has 1 amide bonds. The predicted molar refractivity (Wildman–Crippen MR) is 99.1 cm³/mol. The molecular weight excluding hydrogens is 338 g/mol. The minimum Gasteiger partial charge on any atom is -0.312 e. The number of amides is 1. The van der Waals surface area contributed by atoms with Crippen molar-refractivity contribution in [2.45, 2.75) is 6.92 Å². The van der Waals surface area contributed by atoms with Gasteiger partial charge in [0, 0.05) is 23.7 Å². The molecule has 2 aromatic heterocycles. The van der Waals surface area contributed by atoms with E-state index in [2.05, 4.69) is 15.6 Å². The van der Waals surface area contributed by atoms with E-state index in [1.54, 1.807) is 24.4 Å². The number of carbonyl (C=O) groups excluding carboxylic acids is 1. The Morgan fingerprint density at radius 1 is 1.32 bits per heavy atom. The molecule has 6 nitrogen and oxygen atoms in total. The summed E-state index contributed by atoms with van der Waals surface area (Å²) >= 11 is 0. The average molecular weight is 354 g/mol. The number of halogens is 1. The molecule has 0 aliphatic heterocycles. The van der Waals surface area contributed by atoms with Gasteiger partial charge in [-0.3, -0.25) is 15.2 Å². The number of nitrogens with one attached hydrogen (secondary N) is 1. The lowest BCUT2D eigenvalue weighted by Gasteiger charge is -2.08. The second-order valence-corrected chi connectivity index (χ2v) is 5.29. The van der Waals surface area contributed by atoms with E-state index in [1.807, 2.05) is 36.6 Å². The van der Waals surface area contributed by atoms with Crippen molar-refractivity contribution >= 4 is 35.4 Å². The molecule has 7 heteroatoms. The lowest BCUT2D eigenvalue weighted by molar-refractivity contribution is -0.116. The Balaban J connectivity index is 0.00000225. The van der Waals surface area contributed by atoms with Crippen molar-refractivity contribution in [2.75, 3.05) is 0 Å². The maximum absolute atomic E-state index is 11.2. The Morgan fingerprint density at radius 2 is 2.04 bits per heavy atom. The lowest BCUT2D eigenvalue weighted by atomic mass is 10.2. The van der Waals surface area contributed by atoms with Gasteiger partial charge >= 0.3 is 0 Å². The molecule has 0 fully saturated rings. The van der Waals surface area contributed by atoms with Crippen LogP contribution in [0.15, 0.2) is 48.7 Å². The Bertz CT molecular complexity index is 983. The largest absolute Gasteiger partial charge is 0.312 e. The van der Waals surface area contributed by atoms with Crippen LogP contribution in [0.25, 0.3) is 22.8 Å². The van der Waals surface area contributed by atoms with Gasteiger partial charge in [0.25, 0.3) is 5.91 Å². The number of nitrogens with zero attached hydrogens (tertiary/aromatic N) is 3. The first-order valence-corrected chi connectivity index (χ1v) is 7.29. The van der Waals surface area contributed by atoms with Gasteiger partial charge in [0.1, 0.15) is 0 Å². The van der Waals surface area contributed by atoms with Crippen molar-refractivity contribution in [1.29, 1.82) is 5.26 Å². The molecule has 0 unspecified atom stereocenters. The molecule has 2 heterocycles. The molecule has 0 aliphatic rings. The van der Waals surface area contributed by atoms with Crippen LogP contribution >= 0.6 is 12.4 Å². The summed E-state index contributed by atoms with van der Waals surface area (Å²) in [5, 5.41) is 8.93. The topological polar surface area (TPSA) is 96.7 Å². The van der Waals surface area contributed by atoms with Gasteiger partial charge in [0.05, 0.1) is 22.7 Å². The summed E-state index contributed by atoms with van der Waals surface area (Å²) in [5.74, 6) is 4.68. The summed E-state index contributed by atoms with van der Waals surface area (Å²) < 4.78 is 2.06. The standard InChI is InChI=1S/C18H15N5O.ClH/c1-12-8-16-17(9-14(11-21-16)4-7-18(24)22-20)23(12)15-5-2-13(10-19)3-6-15;/h2-9,11H,20H2,1H3,(H,22,24);1H/b7-4+;. The van der Waals surface area contributed by atoms with Gasteiger partial charge in [-0.25, -0.2) is 5.84 Å². The highest BCUT2D eigenvalue weighted by Crippen LogP contribution is 2.24. The third kappa shape index (κ3) is 3.69. The molecule has 0 saturated heterocycles. The van der Waals surface area contributed by atoms with E-state index in [1.165, 1.54) is 6.08 Å². The summed E-state index contributed by atoms with van der Waals surface area (Å²) in [5.41, 5.74) is 7.21. The van der Waals surface area contributed by atoms with Crippen LogP contribution in [0.1, 0.15) is 16.8 Å². The monoisotopic (exact) mass is 353 g/mol. The van der Waals surface area contributed by atoms with Gasteiger partial charge in [-0.15, -0.1) is 12.4 Å².